The van der Waals surface area contributed by atoms with Gasteiger partial charge >= 0.3 is 0 Å². The zero-order valence-corrected chi connectivity index (χ0v) is 10.6. The summed E-state index contributed by atoms with van der Waals surface area (Å²) in [5.74, 6) is 1.36. The molecule has 0 radical (unpaired) electrons. The minimum absolute atomic E-state index is 0.578. The van der Waals surface area contributed by atoms with Crippen LogP contribution in [0.1, 0.15) is 33.1 Å². The van der Waals surface area contributed by atoms with Gasteiger partial charge in [-0.15, -0.1) is 11.8 Å². The predicted molar refractivity (Wildman–Crippen MR) is 62.2 cm³/mol. The molecule has 0 aliphatic carbocycles. The van der Waals surface area contributed by atoms with Crippen LogP contribution in [0.15, 0.2) is 0 Å². The minimum Gasteiger partial charge on any atom is -0.324 e. The zero-order chi connectivity index (χ0) is 10.1. The van der Waals surface area contributed by atoms with Gasteiger partial charge in [-0.3, -0.25) is 0 Å². The summed E-state index contributed by atoms with van der Waals surface area (Å²) in [6.45, 7) is 4.64. The van der Waals surface area contributed by atoms with Crippen LogP contribution in [0.25, 0.3) is 0 Å². The Morgan fingerprint density at radius 2 is 1.92 bits per heavy atom. The van der Waals surface area contributed by atoms with Crippen LogP contribution < -0.4 is 0 Å². The van der Waals surface area contributed by atoms with Gasteiger partial charge in [0.25, 0.3) is 0 Å². The fourth-order valence-electron chi connectivity index (χ4n) is 2.52. The van der Waals surface area contributed by atoms with Gasteiger partial charge in [-0.05, 0) is 6.42 Å². The first kappa shape index (κ1) is 11.4. The van der Waals surface area contributed by atoms with Crippen LogP contribution in [-0.2, 0) is 0 Å². The van der Waals surface area contributed by atoms with Crippen LogP contribution in [0.5, 0.6) is 0 Å². The van der Waals surface area contributed by atoms with Crippen LogP contribution in [0, 0.1) is 0 Å². The maximum absolute atomic E-state index is 2.36. The molecule has 0 amide bonds. The number of quaternary nitrogens is 1. The van der Waals surface area contributed by atoms with Gasteiger partial charge in [-0.2, -0.15) is 0 Å². The van der Waals surface area contributed by atoms with Gasteiger partial charge in [0.05, 0.1) is 32.1 Å². The third-order valence-corrected chi connectivity index (χ3v) is 5.36. The van der Waals surface area contributed by atoms with E-state index in [9.17, 15) is 0 Å². The van der Waals surface area contributed by atoms with E-state index in [0.717, 1.165) is 9.73 Å². The molecule has 0 spiro atoms. The van der Waals surface area contributed by atoms with Crippen molar-refractivity contribution in [3.8, 4) is 0 Å². The molecule has 0 unspecified atom stereocenters. The molecule has 2 heteroatoms. The molecule has 0 saturated carbocycles. The monoisotopic (exact) mass is 202 g/mol. The van der Waals surface area contributed by atoms with Crippen molar-refractivity contribution in [2.24, 2.45) is 0 Å². The van der Waals surface area contributed by atoms with Crippen molar-refractivity contribution in [1.29, 1.82) is 0 Å². The summed E-state index contributed by atoms with van der Waals surface area (Å²) in [5, 5.41) is 0.896. The highest BCUT2D eigenvalue weighted by atomic mass is 32.2. The summed E-state index contributed by atoms with van der Waals surface area (Å²) in [6.07, 6.45) is 4.05. The first-order valence-corrected chi connectivity index (χ1v) is 6.46. The topological polar surface area (TPSA) is 0 Å². The number of rotatable bonds is 4. The van der Waals surface area contributed by atoms with Crippen LogP contribution in [0.4, 0.5) is 0 Å². The van der Waals surface area contributed by atoms with Crippen molar-refractivity contribution in [2.75, 3.05) is 26.9 Å². The van der Waals surface area contributed by atoms with Crippen LogP contribution in [-0.4, -0.2) is 42.2 Å². The van der Waals surface area contributed by atoms with Crippen LogP contribution in [0.2, 0.25) is 0 Å². The first-order valence-electron chi connectivity index (χ1n) is 5.41. The third-order valence-electron chi connectivity index (χ3n) is 3.52. The highest BCUT2D eigenvalue weighted by Crippen LogP contribution is 2.48. The Labute approximate surface area is 87.5 Å². The number of hydrogen-bond donors (Lipinski definition) is 0. The van der Waals surface area contributed by atoms with Crippen LogP contribution in [0.3, 0.4) is 0 Å². The Kier molecular flexibility index (Phi) is 3.34. The Morgan fingerprint density at radius 1 is 1.31 bits per heavy atom. The van der Waals surface area contributed by atoms with Crippen molar-refractivity contribution in [1.82, 2.24) is 0 Å². The van der Waals surface area contributed by atoms with Crippen molar-refractivity contribution >= 4 is 11.8 Å². The van der Waals surface area contributed by atoms with E-state index in [0.29, 0.717) is 5.54 Å². The molecule has 1 aliphatic heterocycles. The molecule has 1 aliphatic rings. The number of hydrogen-bond acceptors (Lipinski definition) is 1. The fourth-order valence-corrected chi connectivity index (χ4v) is 4.51. The molecular formula is C11H24NS+. The van der Waals surface area contributed by atoms with E-state index >= 15 is 0 Å². The van der Waals surface area contributed by atoms with Crippen molar-refractivity contribution in [3.05, 3.63) is 0 Å². The molecule has 1 fully saturated rings. The van der Waals surface area contributed by atoms with E-state index in [1.54, 1.807) is 0 Å². The highest BCUT2D eigenvalue weighted by molar-refractivity contribution is 8.01. The van der Waals surface area contributed by atoms with Gasteiger partial charge < -0.3 is 4.48 Å². The summed E-state index contributed by atoms with van der Waals surface area (Å²) in [5.41, 5.74) is 0.578. The SMILES string of the molecule is CCC[C@]1([N+](C)(C)C)CS[C@@H]1CC. The Hall–Kier alpha value is 0.310. The molecule has 1 nitrogen and oxygen atoms in total. The maximum atomic E-state index is 2.36. The van der Waals surface area contributed by atoms with Crippen molar-refractivity contribution in [2.45, 2.75) is 43.9 Å². The molecule has 2 atom stereocenters. The minimum atomic E-state index is 0.578. The largest absolute Gasteiger partial charge is 0.324 e. The molecule has 0 aromatic carbocycles. The quantitative estimate of drug-likeness (QED) is 0.632. The summed E-state index contributed by atoms with van der Waals surface area (Å²) >= 11 is 2.16. The van der Waals surface area contributed by atoms with E-state index in [2.05, 4.69) is 46.8 Å². The Balaban J connectivity index is 2.76. The lowest BCUT2D eigenvalue weighted by atomic mass is 9.85. The molecule has 0 bridgehead atoms. The predicted octanol–water partition coefficient (Wildman–Crippen LogP) is 2.76. The van der Waals surface area contributed by atoms with Crippen molar-refractivity contribution in [3.63, 3.8) is 0 Å². The van der Waals surface area contributed by atoms with E-state index in [-0.39, 0.29) is 0 Å². The average molecular weight is 202 g/mol. The molecule has 0 aromatic heterocycles. The van der Waals surface area contributed by atoms with E-state index in [1.807, 2.05) is 0 Å². The van der Waals surface area contributed by atoms with E-state index in [1.165, 1.54) is 25.0 Å². The van der Waals surface area contributed by atoms with Gasteiger partial charge in [0, 0.05) is 6.42 Å². The lowest BCUT2D eigenvalue weighted by Crippen LogP contribution is -2.69. The molecule has 0 aromatic rings. The molecular weight excluding hydrogens is 178 g/mol. The fraction of sp³-hybridized carbons (Fsp3) is 1.00. The second-order valence-electron chi connectivity index (χ2n) is 5.07. The smallest absolute Gasteiger partial charge is 0.120 e. The normalized spacial score (nSPS) is 34.4. The number of nitrogens with zero attached hydrogens (tertiary/aromatic N) is 1. The zero-order valence-electron chi connectivity index (χ0n) is 9.76. The Morgan fingerprint density at radius 3 is 2.15 bits per heavy atom. The highest BCUT2D eigenvalue weighted by Gasteiger charge is 2.55. The second kappa shape index (κ2) is 3.82. The molecule has 1 saturated heterocycles. The first-order chi connectivity index (χ1) is 5.98. The standard InChI is InChI=1S/C11H24NS/c1-6-8-11(12(3,4)5)9-13-10(11)7-2/h10H,6-9H2,1-5H3/q+1/t10-,11+/m1/s1. The number of thioether (sulfide) groups is 1. The Bertz CT molecular complexity index is 171. The van der Waals surface area contributed by atoms with Crippen LogP contribution >= 0.6 is 11.8 Å². The van der Waals surface area contributed by atoms with Gasteiger partial charge in [0.15, 0.2) is 0 Å². The summed E-state index contributed by atoms with van der Waals surface area (Å²) in [7, 11) is 7.08. The van der Waals surface area contributed by atoms with Gasteiger partial charge in [0.2, 0.25) is 0 Å². The van der Waals surface area contributed by atoms with Crippen molar-refractivity contribution < 1.29 is 4.48 Å². The second-order valence-corrected chi connectivity index (χ2v) is 6.26. The third kappa shape index (κ3) is 1.75. The van der Waals surface area contributed by atoms with Gasteiger partial charge in [0.1, 0.15) is 5.54 Å². The lowest BCUT2D eigenvalue weighted by Gasteiger charge is -2.56. The van der Waals surface area contributed by atoms with Gasteiger partial charge in [-0.25, -0.2) is 0 Å². The average Bonchev–Trinajstić information content (AvgIpc) is 1.96. The van der Waals surface area contributed by atoms with E-state index < -0.39 is 0 Å². The maximum Gasteiger partial charge on any atom is 0.120 e. The molecule has 78 valence electrons. The summed E-state index contributed by atoms with van der Waals surface area (Å²) < 4.78 is 1.15. The molecule has 0 N–H and O–H groups in total. The molecule has 13 heavy (non-hydrogen) atoms. The molecule has 1 rings (SSSR count). The molecule has 1 heterocycles. The summed E-state index contributed by atoms with van der Waals surface area (Å²) in [6, 6.07) is 0. The lowest BCUT2D eigenvalue weighted by molar-refractivity contribution is -0.922. The van der Waals surface area contributed by atoms with E-state index in [4.69, 9.17) is 0 Å². The summed E-state index contributed by atoms with van der Waals surface area (Å²) in [4.78, 5) is 0. The van der Waals surface area contributed by atoms with Gasteiger partial charge in [-0.1, -0.05) is 20.3 Å².